The van der Waals surface area contributed by atoms with Crippen molar-refractivity contribution in [3.8, 4) is 5.75 Å². The van der Waals surface area contributed by atoms with E-state index < -0.39 is 4.92 Å². The molecule has 23 heavy (non-hydrogen) atoms. The molecular formula is C16H23N3O4. The van der Waals surface area contributed by atoms with Crippen LogP contribution in [0.25, 0.3) is 11.0 Å². The lowest BCUT2D eigenvalue weighted by molar-refractivity contribution is -0.383. The zero-order chi connectivity index (χ0) is 16.5. The van der Waals surface area contributed by atoms with Gasteiger partial charge in [0.2, 0.25) is 5.52 Å². The molecule has 1 aromatic heterocycles. The van der Waals surface area contributed by atoms with Crippen LogP contribution in [0.2, 0.25) is 0 Å². The molecule has 0 radical (unpaired) electrons. The van der Waals surface area contributed by atoms with Gasteiger partial charge >= 0.3 is 5.69 Å². The molecule has 1 heterocycles. The molecule has 0 amide bonds. The van der Waals surface area contributed by atoms with Gasteiger partial charge in [-0.25, -0.2) is 4.63 Å². The number of benzene rings is 1. The fourth-order valence-electron chi connectivity index (χ4n) is 2.51. The Hall–Kier alpha value is -2.18. The van der Waals surface area contributed by atoms with Crippen LogP contribution in [-0.2, 0) is 0 Å². The Morgan fingerprint density at radius 1 is 1.04 bits per heavy atom. The second-order valence-corrected chi connectivity index (χ2v) is 5.62. The highest BCUT2D eigenvalue weighted by atomic mass is 16.6. The van der Waals surface area contributed by atoms with Crippen LogP contribution in [0, 0.1) is 10.1 Å². The first-order valence-corrected chi connectivity index (χ1v) is 8.26. The number of nitrogens with zero attached hydrogens (tertiary/aromatic N) is 3. The van der Waals surface area contributed by atoms with Crippen molar-refractivity contribution in [2.24, 2.45) is 0 Å². The van der Waals surface area contributed by atoms with E-state index >= 15 is 0 Å². The zero-order valence-corrected chi connectivity index (χ0v) is 13.5. The second-order valence-electron chi connectivity index (χ2n) is 5.62. The van der Waals surface area contributed by atoms with Crippen LogP contribution in [0.3, 0.4) is 0 Å². The summed E-state index contributed by atoms with van der Waals surface area (Å²) >= 11 is 0. The Labute approximate surface area is 135 Å². The van der Waals surface area contributed by atoms with E-state index in [0.717, 1.165) is 12.8 Å². The summed E-state index contributed by atoms with van der Waals surface area (Å²) in [6.07, 6.45) is 9.80. The van der Waals surface area contributed by atoms with Gasteiger partial charge in [-0.3, -0.25) is 10.1 Å². The van der Waals surface area contributed by atoms with Gasteiger partial charge in [0.1, 0.15) is 0 Å². The number of hydrogen-bond acceptors (Lipinski definition) is 6. The average molecular weight is 321 g/mol. The van der Waals surface area contributed by atoms with Crippen LogP contribution >= 0.6 is 0 Å². The van der Waals surface area contributed by atoms with E-state index in [-0.39, 0.29) is 11.2 Å². The molecule has 0 aliphatic heterocycles. The molecule has 0 aliphatic carbocycles. The number of ether oxygens (including phenoxy) is 1. The number of unbranched alkanes of at least 4 members (excludes halogenated alkanes) is 7. The third-order valence-corrected chi connectivity index (χ3v) is 3.81. The van der Waals surface area contributed by atoms with E-state index in [1.54, 1.807) is 6.07 Å². The van der Waals surface area contributed by atoms with Crippen LogP contribution < -0.4 is 4.74 Å². The Bertz CT molecular complexity index is 627. The molecule has 7 heteroatoms. The lowest BCUT2D eigenvalue weighted by Crippen LogP contribution is -1.99. The second kappa shape index (κ2) is 9.07. The SMILES string of the molecule is CCCCCCCCCCOc1ccc([N+](=O)[O-])c2nonc12. The molecule has 0 atom stereocenters. The van der Waals surface area contributed by atoms with E-state index in [9.17, 15) is 10.1 Å². The number of hydrogen-bond donors (Lipinski definition) is 0. The van der Waals surface area contributed by atoms with Gasteiger partial charge in [0.15, 0.2) is 11.3 Å². The highest BCUT2D eigenvalue weighted by molar-refractivity contribution is 5.88. The fraction of sp³-hybridized carbons (Fsp3) is 0.625. The molecule has 0 spiro atoms. The molecular weight excluding hydrogens is 298 g/mol. The lowest BCUT2D eigenvalue weighted by Gasteiger charge is -2.06. The van der Waals surface area contributed by atoms with Gasteiger partial charge in [-0.15, -0.1) is 0 Å². The average Bonchev–Trinajstić information content (AvgIpc) is 3.02. The summed E-state index contributed by atoms with van der Waals surface area (Å²) in [5.74, 6) is 0.481. The maximum absolute atomic E-state index is 10.9. The predicted octanol–water partition coefficient (Wildman–Crippen LogP) is 4.65. The number of non-ortho nitro benzene ring substituents is 1. The third-order valence-electron chi connectivity index (χ3n) is 3.81. The minimum Gasteiger partial charge on any atom is -0.491 e. The van der Waals surface area contributed by atoms with Crippen LogP contribution in [0.5, 0.6) is 5.75 Å². The van der Waals surface area contributed by atoms with E-state index in [1.807, 2.05) is 0 Å². The largest absolute Gasteiger partial charge is 0.491 e. The predicted molar refractivity (Wildman–Crippen MR) is 86.6 cm³/mol. The molecule has 0 N–H and O–H groups in total. The Morgan fingerprint density at radius 2 is 1.70 bits per heavy atom. The minimum atomic E-state index is -0.505. The minimum absolute atomic E-state index is 0.124. The van der Waals surface area contributed by atoms with Gasteiger partial charge in [0.05, 0.1) is 11.5 Å². The number of rotatable bonds is 11. The van der Waals surface area contributed by atoms with Crippen molar-refractivity contribution < 1.29 is 14.3 Å². The van der Waals surface area contributed by atoms with Crippen molar-refractivity contribution in [1.29, 1.82) is 0 Å². The first-order chi connectivity index (χ1) is 11.2. The molecule has 0 saturated heterocycles. The smallest absolute Gasteiger partial charge is 0.301 e. The van der Waals surface area contributed by atoms with Gasteiger partial charge in [0, 0.05) is 6.07 Å². The fourth-order valence-corrected chi connectivity index (χ4v) is 2.51. The van der Waals surface area contributed by atoms with E-state index in [2.05, 4.69) is 21.9 Å². The van der Waals surface area contributed by atoms with Gasteiger partial charge in [-0.05, 0) is 22.8 Å². The van der Waals surface area contributed by atoms with Gasteiger partial charge < -0.3 is 4.74 Å². The van der Waals surface area contributed by atoms with Crippen molar-refractivity contribution in [1.82, 2.24) is 10.3 Å². The monoisotopic (exact) mass is 321 g/mol. The van der Waals surface area contributed by atoms with Crippen molar-refractivity contribution in [2.45, 2.75) is 58.3 Å². The molecule has 126 valence electrons. The Balaban J connectivity index is 1.74. The van der Waals surface area contributed by atoms with E-state index in [1.165, 1.54) is 44.6 Å². The molecule has 0 saturated carbocycles. The zero-order valence-electron chi connectivity index (χ0n) is 13.5. The summed E-state index contributed by atoms with van der Waals surface area (Å²) in [5, 5.41) is 18.2. The third kappa shape index (κ3) is 4.91. The summed E-state index contributed by atoms with van der Waals surface area (Å²) < 4.78 is 10.3. The van der Waals surface area contributed by atoms with Crippen molar-refractivity contribution in [3.63, 3.8) is 0 Å². The molecule has 2 aromatic rings. The topological polar surface area (TPSA) is 91.3 Å². The standard InChI is InChI=1S/C16H23N3O4/c1-2-3-4-5-6-7-8-9-12-22-14-11-10-13(19(20)21)15-16(14)18-23-17-15/h10-11H,2-9,12H2,1H3. The quantitative estimate of drug-likeness (QED) is 0.340. The van der Waals surface area contributed by atoms with Crippen LogP contribution in [0.1, 0.15) is 58.3 Å². The summed E-state index contributed by atoms with van der Waals surface area (Å²) in [6.45, 7) is 2.78. The number of aromatic nitrogens is 2. The van der Waals surface area contributed by atoms with Gasteiger partial charge in [-0.1, -0.05) is 51.9 Å². The Kier molecular flexibility index (Phi) is 6.77. The maximum atomic E-state index is 10.9. The first kappa shape index (κ1) is 17.2. The molecule has 0 fully saturated rings. The van der Waals surface area contributed by atoms with E-state index in [4.69, 9.17) is 4.74 Å². The number of nitro groups is 1. The summed E-state index contributed by atoms with van der Waals surface area (Å²) in [6, 6.07) is 2.92. The normalized spacial score (nSPS) is 11.0. The molecule has 7 nitrogen and oxygen atoms in total. The summed E-state index contributed by atoms with van der Waals surface area (Å²) in [7, 11) is 0. The molecule has 0 bridgehead atoms. The first-order valence-electron chi connectivity index (χ1n) is 8.26. The van der Waals surface area contributed by atoms with Gasteiger partial charge in [0.25, 0.3) is 0 Å². The van der Waals surface area contributed by atoms with Crippen LogP contribution in [0.4, 0.5) is 5.69 Å². The highest BCUT2D eigenvalue weighted by Crippen LogP contribution is 2.30. The maximum Gasteiger partial charge on any atom is 0.301 e. The molecule has 0 aliphatic rings. The lowest BCUT2D eigenvalue weighted by atomic mass is 10.1. The van der Waals surface area contributed by atoms with Crippen molar-refractivity contribution in [3.05, 3.63) is 22.2 Å². The van der Waals surface area contributed by atoms with Crippen LogP contribution in [-0.4, -0.2) is 21.8 Å². The summed E-state index contributed by atoms with van der Waals surface area (Å²) in [5.41, 5.74) is 0.308. The van der Waals surface area contributed by atoms with Gasteiger partial charge in [-0.2, -0.15) is 0 Å². The molecule has 0 unspecified atom stereocenters. The van der Waals surface area contributed by atoms with Crippen molar-refractivity contribution in [2.75, 3.05) is 6.61 Å². The Morgan fingerprint density at radius 3 is 2.39 bits per heavy atom. The van der Waals surface area contributed by atoms with Crippen molar-refractivity contribution >= 4 is 16.7 Å². The van der Waals surface area contributed by atoms with E-state index in [0.29, 0.717) is 17.9 Å². The highest BCUT2D eigenvalue weighted by Gasteiger charge is 2.20. The number of fused-ring (bicyclic) bond motifs is 1. The summed E-state index contributed by atoms with van der Waals surface area (Å²) in [4.78, 5) is 10.4. The molecule has 1 aromatic carbocycles. The number of nitro benzene ring substituents is 1. The molecule has 2 rings (SSSR count). The van der Waals surface area contributed by atoms with Crippen LogP contribution in [0.15, 0.2) is 16.8 Å².